The molecule has 1 unspecified atom stereocenters. The number of halogens is 2. The summed E-state index contributed by atoms with van der Waals surface area (Å²) in [6, 6.07) is 11.8. The molecule has 1 fully saturated rings. The van der Waals surface area contributed by atoms with E-state index in [0.29, 0.717) is 36.5 Å². The Morgan fingerprint density at radius 1 is 1.08 bits per heavy atom. The minimum atomic E-state index is -2.56. The first kappa shape index (κ1) is 25.6. The molecular formula is C26H29F2N3O5. The number of carbonyl (C=O) groups is 3. The van der Waals surface area contributed by atoms with Gasteiger partial charge in [0.05, 0.1) is 6.54 Å². The number of carboxylic acid groups (broad SMARTS) is 1. The van der Waals surface area contributed by atoms with Crippen molar-refractivity contribution in [3.63, 3.8) is 0 Å². The summed E-state index contributed by atoms with van der Waals surface area (Å²) < 4.78 is 32.7. The van der Waals surface area contributed by atoms with Crippen LogP contribution in [0.5, 0.6) is 5.75 Å². The van der Waals surface area contributed by atoms with Crippen molar-refractivity contribution in [2.24, 2.45) is 5.73 Å². The summed E-state index contributed by atoms with van der Waals surface area (Å²) in [6.45, 7) is 1.72. The van der Waals surface area contributed by atoms with Crippen LogP contribution < -0.4 is 10.5 Å². The number of rotatable bonds is 10. The molecule has 1 saturated heterocycles. The van der Waals surface area contributed by atoms with E-state index in [2.05, 4.69) is 0 Å². The molecule has 0 aliphatic carbocycles. The number of benzene rings is 2. The summed E-state index contributed by atoms with van der Waals surface area (Å²) in [7, 11) is 0. The van der Waals surface area contributed by atoms with Gasteiger partial charge in [-0.05, 0) is 29.7 Å². The Kier molecular flexibility index (Phi) is 7.53. The number of likely N-dealkylation sites (tertiary alicyclic amines) is 1. The van der Waals surface area contributed by atoms with Gasteiger partial charge in [0.1, 0.15) is 18.4 Å². The SMILES string of the molecule is NC(=O)C(CCC(=O)O)N1Cc2c(OCc3ccc(CN4CCC(F)(F)CC4)cc3)cccc2C1=O. The topological polar surface area (TPSA) is 113 Å². The van der Waals surface area contributed by atoms with E-state index in [1.54, 1.807) is 18.2 Å². The van der Waals surface area contributed by atoms with Gasteiger partial charge in [0, 0.05) is 50.0 Å². The third-order valence-corrected chi connectivity index (χ3v) is 6.70. The standard InChI is InChI=1S/C26H29F2N3O5/c27-26(28)10-12-30(13-11-26)14-17-4-6-18(7-5-17)16-36-22-3-1-2-19-20(22)15-31(25(19)35)21(24(29)34)8-9-23(32)33/h1-7,21H,8-16H2,(H2,29,34)(H,32,33). The number of nitrogens with zero attached hydrogens (tertiary/aromatic N) is 2. The van der Waals surface area contributed by atoms with E-state index in [1.807, 2.05) is 29.2 Å². The molecule has 10 heteroatoms. The quantitative estimate of drug-likeness (QED) is 0.517. The van der Waals surface area contributed by atoms with Crippen LogP contribution in [0.25, 0.3) is 0 Å². The van der Waals surface area contributed by atoms with E-state index in [1.165, 1.54) is 4.90 Å². The molecule has 192 valence electrons. The molecule has 0 bridgehead atoms. The van der Waals surface area contributed by atoms with Crippen LogP contribution in [0.3, 0.4) is 0 Å². The van der Waals surface area contributed by atoms with Gasteiger partial charge in [0.2, 0.25) is 5.91 Å². The van der Waals surface area contributed by atoms with E-state index in [0.717, 1.165) is 11.1 Å². The van der Waals surface area contributed by atoms with Crippen molar-refractivity contribution in [3.05, 3.63) is 64.7 Å². The van der Waals surface area contributed by atoms with E-state index in [9.17, 15) is 23.2 Å². The predicted molar refractivity (Wildman–Crippen MR) is 126 cm³/mol. The van der Waals surface area contributed by atoms with Gasteiger partial charge in [-0.3, -0.25) is 19.3 Å². The molecule has 2 aromatic rings. The van der Waals surface area contributed by atoms with Crippen LogP contribution in [0.1, 0.15) is 52.7 Å². The molecular weight excluding hydrogens is 472 g/mol. The largest absolute Gasteiger partial charge is 0.489 e. The number of piperidine rings is 1. The average Bonchev–Trinajstić information content (AvgIpc) is 3.16. The van der Waals surface area contributed by atoms with Crippen LogP contribution >= 0.6 is 0 Å². The molecule has 0 spiro atoms. The van der Waals surface area contributed by atoms with Crippen LogP contribution in [-0.4, -0.2) is 57.7 Å². The summed E-state index contributed by atoms with van der Waals surface area (Å²) in [5, 5.41) is 8.96. The van der Waals surface area contributed by atoms with Crippen LogP contribution in [0.4, 0.5) is 8.78 Å². The third kappa shape index (κ3) is 5.99. The lowest BCUT2D eigenvalue weighted by Crippen LogP contribution is -2.45. The van der Waals surface area contributed by atoms with Crippen LogP contribution in [0, 0.1) is 0 Å². The normalized spacial score (nSPS) is 18.1. The lowest BCUT2D eigenvalue weighted by Gasteiger charge is -2.31. The summed E-state index contributed by atoms with van der Waals surface area (Å²) in [5.41, 5.74) is 8.42. The Labute approximate surface area is 207 Å². The van der Waals surface area contributed by atoms with Crippen LogP contribution in [0.15, 0.2) is 42.5 Å². The Morgan fingerprint density at radius 2 is 1.75 bits per heavy atom. The maximum absolute atomic E-state index is 13.4. The van der Waals surface area contributed by atoms with E-state index in [4.69, 9.17) is 15.6 Å². The lowest BCUT2D eigenvalue weighted by molar-refractivity contribution is -0.137. The zero-order valence-electron chi connectivity index (χ0n) is 19.8. The number of nitrogens with two attached hydrogens (primary N) is 1. The summed E-state index contributed by atoms with van der Waals surface area (Å²) in [4.78, 5) is 39.1. The second kappa shape index (κ2) is 10.6. The number of ether oxygens (including phenoxy) is 1. The summed E-state index contributed by atoms with van der Waals surface area (Å²) in [6.07, 6.45) is -0.565. The molecule has 0 aromatic heterocycles. The van der Waals surface area contributed by atoms with Crippen LogP contribution in [-0.2, 0) is 29.3 Å². The van der Waals surface area contributed by atoms with Gasteiger partial charge >= 0.3 is 5.97 Å². The number of primary amides is 1. The van der Waals surface area contributed by atoms with Crippen molar-refractivity contribution >= 4 is 17.8 Å². The molecule has 3 N–H and O–H groups in total. The van der Waals surface area contributed by atoms with Crippen molar-refractivity contribution < 1.29 is 33.0 Å². The molecule has 2 amide bonds. The molecule has 36 heavy (non-hydrogen) atoms. The fourth-order valence-electron chi connectivity index (χ4n) is 4.62. The van der Waals surface area contributed by atoms with Gasteiger partial charge in [-0.1, -0.05) is 30.3 Å². The maximum Gasteiger partial charge on any atom is 0.303 e. The summed E-state index contributed by atoms with van der Waals surface area (Å²) >= 11 is 0. The molecule has 8 nitrogen and oxygen atoms in total. The average molecular weight is 502 g/mol. The van der Waals surface area contributed by atoms with Crippen molar-refractivity contribution in [3.8, 4) is 5.75 Å². The number of hydrogen-bond acceptors (Lipinski definition) is 5. The molecule has 4 rings (SSSR count). The fraction of sp³-hybridized carbons (Fsp3) is 0.423. The van der Waals surface area contributed by atoms with Crippen molar-refractivity contribution in [1.82, 2.24) is 9.80 Å². The first-order chi connectivity index (χ1) is 17.1. The Hall–Kier alpha value is -3.53. The highest BCUT2D eigenvalue weighted by Gasteiger charge is 2.37. The Balaban J connectivity index is 1.37. The zero-order chi connectivity index (χ0) is 25.9. The number of carboxylic acids is 1. The minimum absolute atomic E-state index is 0.0627. The first-order valence-electron chi connectivity index (χ1n) is 11.9. The molecule has 0 radical (unpaired) electrons. The summed E-state index contributed by atoms with van der Waals surface area (Å²) in [5.74, 6) is -4.26. The predicted octanol–water partition coefficient (Wildman–Crippen LogP) is 3.17. The van der Waals surface area contributed by atoms with Gasteiger partial charge in [0.15, 0.2) is 0 Å². The fourth-order valence-corrected chi connectivity index (χ4v) is 4.62. The van der Waals surface area contributed by atoms with Gasteiger partial charge in [0.25, 0.3) is 11.8 Å². The van der Waals surface area contributed by atoms with Gasteiger partial charge in [-0.15, -0.1) is 0 Å². The van der Waals surface area contributed by atoms with Gasteiger partial charge in [-0.2, -0.15) is 0 Å². The number of alkyl halides is 2. The zero-order valence-corrected chi connectivity index (χ0v) is 19.8. The Bertz CT molecular complexity index is 1130. The van der Waals surface area contributed by atoms with Crippen LogP contribution in [0.2, 0.25) is 0 Å². The number of carbonyl (C=O) groups excluding carboxylic acids is 2. The van der Waals surface area contributed by atoms with E-state index < -0.39 is 23.8 Å². The van der Waals surface area contributed by atoms with E-state index >= 15 is 0 Å². The van der Waals surface area contributed by atoms with Gasteiger partial charge < -0.3 is 20.5 Å². The highest BCUT2D eigenvalue weighted by atomic mass is 19.3. The van der Waals surface area contributed by atoms with Crippen molar-refractivity contribution in [2.75, 3.05) is 13.1 Å². The van der Waals surface area contributed by atoms with Crippen molar-refractivity contribution in [1.29, 1.82) is 0 Å². The van der Waals surface area contributed by atoms with E-state index in [-0.39, 0.29) is 44.7 Å². The van der Waals surface area contributed by atoms with Crippen molar-refractivity contribution in [2.45, 2.75) is 57.3 Å². The highest BCUT2D eigenvalue weighted by molar-refractivity contribution is 6.01. The molecule has 2 aromatic carbocycles. The lowest BCUT2D eigenvalue weighted by atomic mass is 10.1. The number of aliphatic carboxylic acids is 1. The second-order valence-corrected chi connectivity index (χ2v) is 9.30. The third-order valence-electron chi connectivity index (χ3n) is 6.70. The second-order valence-electron chi connectivity index (χ2n) is 9.30. The molecule has 2 aliphatic heterocycles. The van der Waals surface area contributed by atoms with Gasteiger partial charge in [-0.25, -0.2) is 8.78 Å². The number of fused-ring (bicyclic) bond motifs is 1. The smallest absolute Gasteiger partial charge is 0.303 e. The minimum Gasteiger partial charge on any atom is -0.489 e. The molecule has 0 saturated carbocycles. The molecule has 1 atom stereocenters. The Morgan fingerprint density at radius 3 is 2.39 bits per heavy atom. The maximum atomic E-state index is 13.4. The number of amides is 2. The molecule has 2 heterocycles. The highest BCUT2D eigenvalue weighted by Crippen LogP contribution is 2.33. The molecule has 2 aliphatic rings. The monoisotopic (exact) mass is 501 g/mol. The first-order valence-corrected chi connectivity index (χ1v) is 11.9. The number of hydrogen-bond donors (Lipinski definition) is 2.